The van der Waals surface area contributed by atoms with Gasteiger partial charge in [-0.05, 0) is 49.6 Å². The van der Waals surface area contributed by atoms with Crippen LogP contribution in [0, 0.1) is 11.8 Å². The minimum absolute atomic E-state index is 0.111. The predicted molar refractivity (Wildman–Crippen MR) is 172 cm³/mol. The van der Waals surface area contributed by atoms with E-state index in [4.69, 9.17) is 5.11 Å². The molecule has 0 fully saturated rings. The van der Waals surface area contributed by atoms with Crippen LogP contribution >= 0.6 is 9.24 Å². The Morgan fingerprint density at radius 2 is 0.946 bits per heavy atom. The lowest BCUT2D eigenvalue weighted by Gasteiger charge is -2.39. The van der Waals surface area contributed by atoms with E-state index in [-0.39, 0.29) is 5.92 Å². The van der Waals surface area contributed by atoms with Crippen LogP contribution in [0.1, 0.15) is 196 Å². The van der Waals surface area contributed by atoms with Gasteiger partial charge >= 0.3 is 5.97 Å². The van der Waals surface area contributed by atoms with Crippen molar-refractivity contribution >= 4 is 15.2 Å². The highest BCUT2D eigenvalue weighted by atomic mass is 31.0. The van der Waals surface area contributed by atoms with Crippen LogP contribution < -0.4 is 0 Å². The third-order valence-corrected chi connectivity index (χ3v) is 9.41. The fourth-order valence-electron chi connectivity index (χ4n) is 5.55. The van der Waals surface area contributed by atoms with Gasteiger partial charge in [-0.1, -0.05) is 157 Å². The van der Waals surface area contributed by atoms with Gasteiger partial charge in [0.05, 0.1) is 5.92 Å². The number of carbonyl (C=O) groups is 1. The summed E-state index contributed by atoms with van der Waals surface area (Å²) in [7, 11) is 3.39. The van der Waals surface area contributed by atoms with Crippen LogP contribution in [-0.2, 0) is 4.79 Å². The third-order valence-electron chi connectivity index (χ3n) is 8.37. The molecule has 0 aliphatic carbocycles. The summed E-state index contributed by atoms with van der Waals surface area (Å²) in [6, 6.07) is 0. The molecule has 0 bridgehead atoms. The molecule has 3 unspecified atom stereocenters. The summed E-state index contributed by atoms with van der Waals surface area (Å²) in [6.07, 6.45) is 32.4. The standard InChI is InChI=1S/C26H55P.C8H16O2/c1-5-9-13-14-15-16-17-18-19-20-22-25(21-10-6-2)26(27,23-11-7-3)24-12-8-4;1-3-5-6-7(4-2)8(9)10/h25H,5-24,27H2,1-4H3;7H,3-6H2,1-2H3,(H,9,10). The molecule has 0 aliphatic heterocycles. The minimum atomic E-state index is -0.643. The molecule has 0 aromatic rings. The highest BCUT2D eigenvalue weighted by Gasteiger charge is 2.32. The Hall–Kier alpha value is -0.100. The zero-order valence-electron chi connectivity index (χ0n) is 26.6. The zero-order valence-corrected chi connectivity index (χ0v) is 27.7. The predicted octanol–water partition coefficient (Wildman–Crippen LogP) is 12.4. The van der Waals surface area contributed by atoms with Crippen molar-refractivity contribution in [3.63, 3.8) is 0 Å². The quantitative estimate of drug-likeness (QED) is 0.0871. The fourth-order valence-corrected chi connectivity index (χ4v) is 6.29. The number of carboxylic acid groups (broad SMARTS) is 1. The molecule has 0 aromatic carbocycles. The Bertz CT molecular complexity index is 457. The summed E-state index contributed by atoms with van der Waals surface area (Å²) in [5.74, 6) is 0.186. The first-order chi connectivity index (χ1) is 17.9. The van der Waals surface area contributed by atoms with Gasteiger partial charge in [0, 0.05) is 0 Å². The van der Waals surface area contributed by atoms with Crippen molar-refractivity contribution in [3.05, 3.63) is 0 Å². The van der Waals surface area contributed by atoms with E-state index in [9.17, 15) is 4.79 Å². The Morgan fingerprint density at radius 3 is 1.35 bits per heavy atom. The summed E-state index contributed by atoms with van der Waals surface area (Å²) in [4.78, 5) is 10.4. The molecule has 0 rings (SSSR count). The molecule has 0 heterocycles. The number of unbranched alkanes of at least 4 members (excludes halogenated alkanes) is 13. The van der Waals surface area contributed by atoms with Crippen molar-refractivity contribution in [2.45, 2.75) is 201 Å². The van der Waals surface area contributed by atoms with E-state index >= 15 is 0 Å². The molecule has 0 amide bonds. The molecule has 2 nitrogen and oxygen atoms in total. The number of hydrogen-bond acceptors (Lipinski definition) is 1. The van der Waals surface area contributed by atoms with Crippen LogP contribution in [0.15, 0.2) is 0 Å². The monoisotopic (exact) mass is 543 g/mol. The van der Waals surface area contributed by atoms with Gasteiger partial charge in [0.2, 0.25) is 0 Å². The van der Waals surface area contributed by atoms with Gasteiger partial charge in [0.1, 0.15) is 0 Å². The van der Waals surface area contributed by atoms with E-state index in [1.165, 1.54) is 128 Å². The second kappa shape index (κ2) is 28.9. The second-order valence-corrected chi connectivity index (χ2v) is 13.0. The first kappa shape index (κ1) is 39.0. The SMILES string of the molecule is CCCCC(CC)C(=O)O.CCCCCCCCCCCCC(CCCC)C(P)(CCCC)CCCC. The molecule has 3 heteroatoms. The first-order valence-electron chi connectivity index (χ1n) is 16.9. The lowest BCUT2D eigenvalue weighted by molar-refractivity contribution is -0.142. The molecule has 0 radical (unpaired) electrons. The normalized spacial score (nSPS) is 13.2. The van der Waals surface area contributed by atoms with E-state index in [0.717, 1.165) is 31.6 Å². The summed E-state index contributed by atoms with van der Waals surface area (Å²) < 4.78 is 0. The molecule has 1 N–H and O–H groups in total. The Labute approximate surface area is 237 Å². The molecular formula is C34H71O2P. The smallest absolute Gasteiger partial charge is 0.306 e. The molecule has 0 aliphatic rings. The van der Waals surface area contributed by atoms with Crippen LogP contribution in [-0.4, -0.2) is 16.2 Å². The van der Waals surface area contributed by atoms with Crippen molar-refractivity contribution in [3.8, 4) is 0 Å². The summed E-state index contributed by atoms with van der Waals surface area (Å²) >= 11 is 0. The van der Waals surface area contributed by atoms with Gasteiger partial charge in [-0.2, -0.15) is 0 Å². The molecule has 0 saturated heterocycles. The lowest BCUT2D eigenvalue weighted by atomic mass is 9.77. The summed E-state index contributed by atoms with van der Waals surface area (Å²) in [5, 5.41) is 9.13. The Kier molecular flexibility index (Phi) is 30.5. The molecule has 224 valence electrons. The highest BCUT2D eigenvalue weighted by molar-refractivity contribution is 7.19. The van der Waals surface area contributed by atoms with Crippen LogP contribution in [0.2, 0.25) is 0 Å². The van der Waals surface area contributed by atoms with Crippen LogP contribution in [0.25, 0.3) is 0 Å². The number of hydrogen-bond donors (Lipinski definition) is 1. The number of rotatable bonds is 26. The Balaban J connectivity index is 0. The van der Waals surface area contributed by atoms with Gasteiger partial charge < -0.3 is 5.11 Å². The molecule has 0 saturated carbocycles. The molecule has 0 aromatic heterocycles. The molecule has 3 atom stereocenters. The second-order valence-electron chi connectivity index (χ2n) is 11.8. The van der Waals surface area contributed by atoms with E-state index < -0.39 is 5.97 Å². The zero-order chi connectivity index (χ0) is 28.2. The summed E-state index contributed by atoms with van der Waals surface area (Å²) in [6.45, 7) is 13.4. The van der Waals surface area contributed by atoms with Crippen LogP contribution in [0.4, 0.5) is 0 Å². The highest BCUT2D eigenvalue weighted by Crippen LogP contribution is 2.43. The van der Waals surface area contributed by atoms with Gasteiger partial charge in [0.25, 0.3) is 0 Å². The summed E-state index contributed by atoms with van der Waals surface area (Å²) in [5.41, 5.74) is 0. The average Bonchev–Trinajstić information content (AvgIpc) is 2.89. The minimum Gasteiger partial charge on any atom is -0.481 e. The first-order valence-corrected chi connectivity index (χ1v) is 17.5. The van der Waals surface area contributed by atoms with Gasteiger partial charge in [0.15, 0.2) is 0 Å². The topological polar surface area (TPSA) is 37.3 Å². The average molecular weight is 543 g/mol. The molecule has 0 spiro atoms. The van der Waals surface area contributed by atoms with Crippen molar-refractivity contribution in [2.75, 3.05) is 0 Å². The van der Waals surface area contributed by atoms with Crippen molar-refractivity contribution in [1.29, 1.82) is 0 Å². The number of aliphatic carboxylic acids is 1. The molecular weight excluding hydrogens is 471 g/mol. The van der Waals surface area contributed by atoms with Gasteiger partial charge in [-0.25, -0.2) is 0 Å². The van der Waals surface area contributed by atoms with E-state index in [0.29, 0.717) is 5.16 Å². The van der Waals surface area contributed by atoms with Gasteiger partial charge in [-0.15, -0.1) is 9.24 Å². The third kappa shape index (κ3) is 23.5. The maximum Gasteiger partial charge on any atom is 0.306 e. The van der Waals surface area contributed by atoms with Crippen LogP contribution in [0.3, 0.4) is 0 Å². The number of carboxylic acids is 1. The van der Waals surface area contributed by atoms with E-state index in [1.54, 1.807) is 0 Å². The lowest BCUT2D eigenvalue weighted by Crippen LogP contribution is -2.32. The maximum absolute atomic E-state index is 10.4. The van der Waals surface area contributed by atoms with Crippen molar-refractivity contribution in [2.24, 2.45) is 11.8 Å². The molecule has 37 heavy (non-hydrogen) atoms. The fraction of sp³-hybridized carbons (Fsp3) is 0.971. The Morgan fingerprint density at radius 1 is 0.568 bits per heavy atom. The van der Waals surface area contributed by atoms with Crippen molar-refractivity contribution < 1.29 is 9.90 Å². The maximum atomic E-state index is 10.4. The van der Waals surface area contributed by atoms with Gasteiger partial charge in [-0.3, -0.25) is 4.79 Å². The largest absolute Gasteiger partial charge is 0.481 e. The van der Waals surface area contributed by atoms with Crippen LogP contribution in [0.5, 0.6) is 0 Å². The van der Waals surface area contributed by atoms with E-state index in [2.05, 4.69) is 43.9 Å². The van der Waals surface area contributed by atoms with Crippen molar-refractivity contribution in [1.82, 2.24) is 0 Å². The van der Waals surface area contributed by atoms with E-state index in [1.807, 2.05) is 6.92 Å².